The van der Waals surface area contributed by atoms with Crippen LogP contribution in [0.3, 0.4) is 0 Å². The van der Waals surface area contributed by atoms with Gasteiger partial charge in [0, 0.05) is 0 Å². The van der Waals surface area contributed by atoms with Crippen molar-refractivity contribution in [2.45, 2.75) is 70.1 Å². The van der Waals surface area contributed by atoms with Gasteiger partial charge in [0.05, 0.1) is 13.6 Å². The van der Waals surface area contributed by atoms with Crippen molar-refractivity contribution >= 4 is 28.2 Å². The molecule has 1 amide bonds. The first-order valence-corrected chi connectivity index (χ1v) is 13.3. The van der Waals surface area contributed by atoms with Crippen molar-refractivity contribution in [3.05, 3.63) is 0 Å². The van der Waals surface area contributed by atoms with Crippen molar-refractivity contribution < 1.29 is 14.7 Å². The van der Waals surface area contributed by atoms with E-state index in [-0.39, 0.29) is 16.5 Å². The van der Waals surface area contributed by atoms with E-state index in [9.17, 15) is 14.7 Å². The monoisotopic (exact) mass is 301 g/mol. The number of carbonyl (C=O) groups excluding carboxylic acids is 1. The van der Waals surface area contributed by atoms with Crippen LogP contribution in [0.5, 0.6) is 0 Å². The van der Waals surface area contributed by atoms with Gasteiger partial charge in [-0.3, -0.25) is 9.59 Å². The standard InChI is InChI=1S/C13H27NO3Si2/c1-13(2,3)19(7,8)14-9(12(16)17)10(11(14)15)18(4,5)6/h9-10H,1-8H3,(H,16,17)/t9-,10+/m0/s1. The van der Waals surface area contributed by atoms with Gasteiger partial charge < -0.3 is 9.67 Å². The lowest BCUT2D eigenvalue weighted by atomic mass is 10.1. The minimum atomic E-state index is -2.11. The second-order valence-corrected chi connectivity index (χ2v) is 18.6. The van der Waals surface area contributed by atoms with Gasteiger partial charge in [0.15, 0.2) is 8.24 Å². The summed E-state index contributed by atoms with van der Waals surface area (Å²) in [7, 11) is -3.90. The molecule has 0 spiro atoms. The molecular weight excluding hydrogens is 274 g/mol. The van der Waals surface area contributed by atoms with E-state index in [0.29, 0.717) is 0 Å². The van der Waals surface area contributed by atoms with Crippen molar-refractivity contribution in [1.29, 1.82) is 0 Å². The Hall–Kier alpha value is -0.626. The Balaban J connectivity index is 3.19. The summed E-state index contributed by atoms with van der Waals surface area (Å²) in [4.78, 5) is 24.2. The molecule has 0 aliphatic carbocycles. The van der Waals surface area contributed by atoms with Gasteiger partial charge in [0.1, 0.15) is 6.04 Å². The molecule has 0 aromatic rings. The molecule has 1 heterocycles. The van der Waals surface area contributed by atoms with Crippen molar-refractivity contribution in [3.8, 4) is 0 Å². The van der Waals surface area contributed by atoms with Crippen LogP contribution in [0.2, 0.25) is 43.3 Å². The molecule has 0 radical (unpaired) electrons. The van der Waals surface area contributed by atoms with Gasteiger partial charge >= 0.3 is 5.97 Å². The topological polar surface area (TPSA) is 57.6 Å². The molecule has 1 aliphatic rings. The number of amides is 1. The largest absolute Gasteiger partial charge is 0.480 e. The van der Waals surface area contributed by atoms with Crippen LogP contribution in [0.4, 0.5) is 0 Å². The Morgan fingerprint density at radius 2 is 1.58 bits per heavy atom. The number of hydrogen-bond donors (Lipinski definition) is 1. The maximum atomic E-state index is 12.5. The average Bonchev–Trinajstić information content (AvgIpc) is 2.08. The lowest BCUT2D eigenvalue weighted by Crippen LogP contribution is -2.76. The van der Waals surface area contributed by atoms with E-state index in [4.69, 9.17) is 0 Å². The molecule has 0 aromatic carbocycles. The number of carboxylic acid groups (broad SMARTS) is 1. The van der Waals surface area contributed by atoms with Gasteiger partial charge in [-0.05, 0) is 5.04 Å². The Kier molecular flexibility index (Phi) is 3.84. The van der Waals surface area contributed by atoms with Crippen molar-refractivity contribution in [1.82, 2.24) is 4.57 Å². The highest BCUT2D eigenvalue weighted by Crippen LogP contribution is 2.49. The molecule has 1 aliphatic heterocycles. The van der Waals surface area contributed by atoms with Crippen LogP contribution >= 0.6 is 0 Å². The number of β-lactam (4-membered cyclic amide) rings is 1. The highest BCUT2D eigenvalue weighted by molar-refractivity contribution is 6.86. The fourth-order valence-electron chi connectivity index (χ4n) is 2.57. The van der Waals surface area contributed by atoms with E-state index in [2.05, 4.69) is 53.5 Å². The van der Waals surface area contributed by atoms with Crippen LogP contribution in [0, 0.1) is 0 Å². The molecule has 0 unspecified atom stereocenters. The van der Waals surface area contributed by atoms with Gasteiger partial charge in [0.25, 0.3) is 0 Å². The number of aliphatic carboxylic acids is 1. The van der Waals surface area contributed by atoms with E-state index in [1.165, 1.54) is 0 Å². The molecule has 1 N–H and O–H groups in total. The van der Waals surface area contributed by atoms with E-state index >= 15 is 0 Å². The van der Waals surface area contributed by atoms with Crippen LogP contribution < -0.4 is 0 Å². The number of nitrogens with zero attached hydrogens (tertiary/aromatic N) is 1. The van der Waals surface area contributed by atoms with Gasteiger partial charge in [-0.15, -0.1) is 0 Å². The van der Waals surface area contributed by atoms with E-state index in [0.717, 1.165) is 0 Å². The zero-order chi connectivity index (χ0) is 15.4. The Bertz CT molecular complexity index is 407. The summed E-state index contributed by atoms with van der Waals surface area (Å²) in [5, 5.41) is 9.51. The van der Waals surface area contributed by atoms with Gasteiger partial charge in [-0.1, -0.05) is 53.5 Å². The Morgan fingerprint density at radius 1 is 1.16 bits per heavy atom. The number of carbonyl (C=O) groups is 2. The highest BCUT2D eigenvalue weighted by atomic mass is 28.3. The summed E-state index contributed by atoms with van der Waals surface area (Å²) in [6.45, 7) is 16.7. The van der Waals surface area contributed by atoms with Crippen molar-refractivity contribution in [2.24, 2.45) is 0 Å². The first-order valence-electron chi connectivity index (χ1n) is 6.79. The molecule has 19 heavy (non-hydrogen) atoms. The second kappa shape index (κ2) is 4.44. The average molecular weight is 302 g/mol. The van der Waals surface area contributed by atoms with Gasteiger partial charge in [-0.2, -0.15) is 0 Å². The third kappa shape index (κ3) is 2.52. The molecule has 1 fully saturated rings. The summed E-state index contributed by atoms with van der Waals surface area (Å²) in [5.41, 5.74) is -0.265. The normalized spacial score (nSPS) is 25.3. The van der Waals surface area contributed by atoms with Crippen LogP contribution in [-0.4, -0.2) is 43.9 Å². The van der Waals surface area contributed by atoms with E-state index < -0.39 is 28.3 Å². The minimum Gasteiger partial charge on any atom is -0.480 e. The molecule has 1 rings (SSSR count). The fraction of sp³-hybridized carbons (Fsp3) is 0.846. The molecule has 110 valence electrons. The maximum Gasteiger partial charge on any atom is 0.326 e. The summed E-state index contributed by atoms with van der Waals surface area (Å²) < 4.78 is 1.73. The third-order valence-corrected chi connectivity index (χ3v) is 12.5. The number of hydrogen-bond acceptors (Lipinski definition) is 2. The summed E-state index contributed by atoms with van der Waals surface area (Å²) in [6.07, 6.45) is 0. The molecule has 6 heteroatoms. The molecule has 1 saturated heterocycles. The SMILES string of the molecule is CC(C)(C)[Si](C)(C)N1C(=O)[C@H]([Si](C)(C)C)[C@H]1C(=O)O. The van der Waals surface area contributed by atoms with Gasteiger partial charge in [-0.25, -0.2) is 0 Å². The molecule has 0 saturated carbocycles. The summed E-state index contributed by atoms with van der Waals surface area (Å²) >= 11 is 0. The molecule has 0 bridgehead atoms. The Labute approximate surface area is 118 Å². The lowest BCUT2D eigenvalue weighted by molar-refractivity contribution is -0.156. The van der Waals surface area contributed by atoms with Crippen LogP contribution in [0.25, 0.3) is 0 Å². The summed E-state index contributed by atoms with van der Waals surface area (Å²) in [5.74, 6) is -0.755. The van der Waals surface area contributed by atoms with E-state index in [1.54, 1.807) is 4.57 Å². The van der Waals surface area contributed by atoms with Crippen LogP contribution in [0.15, 0.2) is 0 Å². The maximum absolute atomic E-state index is 12.5. The predicted molar refractivity (Wildman–Crippen MR) is 82.6 cm³/mol. The number of carboxylic acids is 1. The number of rotatable bonds is 3. The first-order chi connectivity index (χ1) is 8.23. The molecule has 4 nitrogen and oxygen atoms in total. The fourth-order valence-corrected chi connectivity index (χ4v) is 7.34. The second-order valence-electron chi connectivity index (χ2n) is 8.14. The van der Waals surface area contributed by atoms with Crippen LogP contribution in [0.1, 0.15) is 20.8 Å². The zero-order valence-electron chi connectivity index (χ0n) is 13.4. The Morgan fingerprint density at radius 3 is 1.84 bits per heavy atom. The quantitative estimate of drug-likeness (QED) is 0.644. The van der Waals surface area contributed by atoms with Crippen LogP contribution in [-0.2, 0) is 9.59 Å². The van der Waals surface area contributed by atoms with E-state index in [1.807, 2.05) is 0 Å². The van der Waals surface area contributed by atoms with Gasteiger partial charge in [0.2, 0.25) is 5.91 Å². The van der Waals surface area contributed by atoms with Crippen molar-refractivity contribution in [2.75, 3.05) is 0 Å². The minimum absolute atomic E-state index is 0.0270. The lowest BCUT2D eigenvalue weighted by Gasteiger charge is -2.59. The molecular formula is C13H27NO3Si2. The van der Waals surface area contributed by atoms with Crippen molar-refractivity contribution in [3.63, 3.8) is 0 Å². The summed E-state index contributed by atoms with van der Waals surface area (Å²) in [6, 6.07) is -0.597. The molecule has 2 atom stereocenters. The zero-order valence-corrected chi connectivity index (χ0v) is 15.4. The smallest absolute Gasteiger partial charge is 0.326 e. The molecule has 0 aromatic heterocycles. The predicted octanol–water partition coefficient (Wildman–Crippen LogP) is 3.00. The highest BCUT2D eigenvalue weighted by Gasteiger charge is 2.63. The first kappa shape index (κ1) is 16.4. The third-order valence-electron chi connectivity index (χ3n) is 4.72.